The maximum atomic E-state index is 13.3. The van der Waals surface area contributed by atoms with Gasteiger partial charge in [-0.05, 0) is 55.7 Å². The summed E-state index contributed by atoms with van der Waals surface area (Å²) in [6, 6.07) is 11.5. The van der Waals surface area contributed by atoms with Crippen LogP contribution in [0.25, 0.3) is 10.8 Å². The molecule has 154 valence electrons. The molecule has 0 spiro atoms. The van der Waals surface area contributed by atoms with Crippen LogP contribution in [0.4, 0.5) is 0 Å². The van der Waals surface area contributed by atoms with Crippen LogP contribution >= 0.6 is 0 Å². The molecule has 2 N–H and O–H groups in total. The molecule has 2 aliphatic heterocycles. The first kappa shape index (κ1) is 19.7. The highest BCUT2D eigenvalue weighted by atomic mass is 16.5. The first-order chi connectivity index (χ1) is 14.2. The van der Waals surface area contributed by atoms with Gasteiger partial charge >= 0.3 is 0 Å². The summed E-state index contributed by atoms with van der Waals surface area (Å²) in [4.78, 5) is 27.5. The maximum Gasteiger partial charge on any atom is 0.254 e. The van der Waals surface area contributed by atoms with Crippen LogP contribution in [0.3, 0.4) is 0 Å². The topological polar surface area (TPSA) is 70.7 Å². The molecule has 2 aromatic rings. The van der Waals surface area contributed by atoms with Gasteiger partial charge < -0.3 is 20.3 Å². The number of amides is 2. The van der Waals surface area contributed by atoms with Crippen molar-refractivity contribution >= 4 is 22.6 Å². The Morgan fingerprint density at radius 1 is 1.14 bits per heavy atom. The lowest BCUT2D eigenvalue weighted by atomic mass is 9.96. The van der Waals surface area contributed by atoms with E-state index in [4.69, 9.17) is 4.74 Å². The quantitative estimate of drug-likeness (QED) is 0.816. The van der Waals surface area contributed by atoms with Gasteiger partial charge in [0.1, 0.15) is 5.75 Å². The van der Waals surface area contributed by atoms with Crippen LogP contribution in [0.15, 0.2) is 36.4 Å². The molecule has 2 unspecified atom stereocenters. The summed E-state index contributed by atoms with van der Waals surface area (Å²) in [6.07, 6.45) is 3.96. The average molecular weight is 396 g/mol. The average Bonchev–Trinajstić information content (AvgIpc) is 3.31. The van der Waals surface area contributed by atoms with Gasteiger partial charge in [-0.25, -0.2) is 0 Å². The molecule has 2 aromatic carbocycles. The second-order valence-electron chi connectivity index (χ2n) is 8.01. The normalized spacial score (nSPS) is 21.9. The molecule has 4 rings (SSSR count). The maximum absolute atomic E-state index is 13.3. The first-order valence-corrected chi connectivity index (χ1v) is 10.5. The number of fused-ring (bicyclic) bond motifs is 1. The van der Waals surface area contributed by atoms with Crippen LogP contribution < -0.4 is 15.4 Å². The summed E-state index contributed by atoms with van der Waals surface area (Å²) < 4.78 is 5.45. The van der Waals surface area contributed by atoms with Gasteiger partial charge in [-0.3, -0.25) is 9.59 Å². The molecule has 0 aromatic heterocycles. The Bertz CT molecular complexity index is 892. The summed E-state index contributed by atoms with van der Waals surface area (Å²) in [5.74, 6) is 1.21. The molecule has 2 aliphatic rings. The lowest BCUT2D eigenvalue weighted by Crippen LogP contribution is -2.46. The Labute approximate surface area is 171 Å². The van der Waals surface area contributed by atoms with Gasteiger partial charge in [-0.2, -0.15) is 0 Å². The van der Waals surface area contributed by atoms with E-state index in [0.717, 1.165) is 55.3 Å². The molecular weight excluding hydrogens is 366 g/mol. The number of carbonyl (C=O) groups excluding carboxylic acids is 2. The third-order valence-corrected chi connectivity index (χ3v) is 6.08. The van der Waals surface area contributed by atoms with Gasteiger partial charge in [-0.1, -0.05) is 24.3 Å². The van der Waals surface area contributed by atoms with Crippen molar-refractivity contribution in [2.24, 2.45) is 5.92 Å². The van der Waals surface area contributed by atoms with Gasteiger partial charge in [0.05, 0.1) is 13.2 Å². The van der Waals surface area contributed by atoms with Crippen molar-refractivity contribution < 1.29 is 14.3 Å². The van der Waals surface area contributed by atoms with Crippen molar-refractivity contribution in [3.63, 3.8) is 0 Å². The molecule has 0 saturated carbocycles. The number of carbonyl (C=O) groups is 2. The Morgan fingerprint density at radius 3 is 2.72 bits per heavy atom. The third-order valence-electron chi connectivity index (χ3n) is 6.08. The second-order valence-corrected chi connectivity index (χ2v) is 8.01. The Kier molecular flexibility index (Phi) is 6.00. The Hall–Kier alpha value is -2.60. The molecular formula is C23H29N3O3. The predicted molar refractivity (Wildman–Crippen MR) is 113 cm³/mol. The van der Waals surface area contributed by atoms with Crippen molar-refractivity contribution in [3.8, 4) is 5.75 Å². The van der Waals surface area contributed by atoms with E-state index in [1.165, 1.54) is 0 Å². The minimum absolute atomic E-state index is 0.0531. The van der Waals surface area contributed by atoms with Gasteiger partial charge in [0.2, 0.25) is 5.91 Å². The van der Waals surface area contributed by atoms with Crippen LogP contribution in [-0.2, 0) is 4.79 Å². The predicted octanol–water partition coefficient (Wildman–Crippen LogP) is 2.57. The summed E-state index contributed by atoms with van der Waals surface area (Å²) >= 11 is 0. The molecule has 6 heteroatoms. The van der Waals surface area contributed by atoms with Gasteiger partial charge in [0.15, 0.2) is 0 Å². The van der Waals surface area contributed by atoms with E-state index in [0.29, 0.717) is 24.6 Å². The van der Waals surface area contributed by atoms with E-state index in [1.54, 1.807) is 7.11 Å². The Morgan fingerprint density at radius 2 is 1.97 bits per heavy atom. The standard InChI is InChI=1S/C23H29N3O3/c1-29-21-11-10-19(17-7-2-3-8-18(17)21)23(28)26-13-5-6-16(15-26)14-25-22(27)20-9-4-12-24-20/h2-3,7-8,10-11,16,20,24H,4-6,9,12-15H2,1H3,(H,25,27). The van der Waals surface area contributed by atoms with E-state index in [-0.39, 0.29) is 17.9 Å². The van der Waals surface area contributed by atoms with Crippen LogP contribution in [-0.4, -0.2) is 56.0 Å². The largest absolute Gasteiger partial charge is 0.496 e. The number of likely N-dealkylation sites (tertiary alicyclic amines) is 1. The summed E-state index contributed by atoms with van der Waals surface area (Å²) in [5, 5.41) is 8.18. The molecule has 2 saturated heterocycles. The molecule has 0 bridgehead atoms. The minimum Gasteiger partial charge on any atom is -0.496 e. The number of nitrogens with one attached hydrogen (secondary N) is 2. The fourth-order valence-corrected chi connectivity index (χ4v) is 4.50. The second kappa shape index (κ2) is 8.82. The number of hydrogen-bond acceptors (Lipinski definition) is 4. The number of piperidine rings is 1. The van der Waals surface area contributed by atoms with Crippen LogP contribution in [0.1, 0.15) is 36.0 Å². The number of rotatable bonds is 5. The molecule has 0 aliphatic carbocycles. The molecule has 6 nitrogen and oxygen atoms in total. The molecule has 2 heterocycles. The number of nitrogens with zero attached hydrogens (tertiary/aromatic N) is 1. The van der Waals surface area contributed by atoms with Crippen LogP contribution in [0.5, 0.6) is 5.75 Å². The zero-order valence-electron chi connectivity index (χ0n) is 16.9. The molecule has 2 fully saturated rings. The zero-order chi connectivity index (χ0) is 20.2. The fraction of sp³-hybridized carbons (Fsp3) is 0.478. The van der Waals surface area contributed by atoms with Crippen molar-refractivity contribution in [1.82, 2.24) is 15.5 Å². The lowest BCUT2D eigenvalue weighted by Gasteiger charge is -2.33. The van der Waals surface area contributed by atoms with Crippen LogP contribution in [0.2, 0.25) is 0 Å². The third kappa shape index (κ3) is 4.22. The highest BCUT2D eigenvalue weighted by molar-refractivity contribution is 6.08. The monoisotopic (exact) mass is 395 g/mol. The van der Waals surface area contributed by atoms with Gasteiger partial charge in [0, 0.05) is 30.6 Å². The Balaban J connectivity index is 1.44. The van der Waals surface area contributed by atoms with E-state index in [1.807, 2.05) is 41.3 Å². The van der Waals surface area contributed by atoms with E-state index in [9.17, 15) is 9.59 Å². The zero-order valence-corrected chi connectivity index (χ0v) is 16.9. The number of methoxy groups -OCH3 is 1. The van der Waals surface area contributed by atoms with Gasteiger partial charge in [0.25, 0.3) is 5.91 Å². The van der Waals surface area contributed by atoms with Gasteiger partial charge in [-0.15, -0.1) is 0 Å². The smallest absolute Gasteiger partial charge is 0.254 e. The number of hydrogen-bond donors (Lipinski definition) is 2. The molecule has 2 atom stereocenters. The minimum atomic E-state index is -0.0537. The van der Waals surface area contributed by atoms with E-state index >= 15 is 0 Å². The van der Waals surface area contributed by atoms with Crippen molar-refractivity contribution in [3.05, 3.63) is 42.0 Å². The highest BCUT2D eigenvalue weighted by Gasteiger charge is 2.27. The van der Waals surface area contributed by atoms with E-state index in [2.05, 4.69) is 10.6 Å². The molecule has 29 heavy (non-hydrogen) atoms. The van der Waals surface area contributed by atoms with E-state index < -0.39 is 0 Å². The van der Waals surface area contributed by atoms with Crippen molar-refractivity contribution in [1.29, 1.82) is 0 Å². The summed E-state index contributed by atoms with van der Waals surface area (Å²) in [7, 11) is 1.65. The number of benzene rings is 2. The number of ether oxygens (including phenoxy) is 1. The molecule has 0 radical (unpaired) electrons. The fourth-order valence-electron chi connectivity index (χ4n) is 4.50. The summed E-state index contributed by atoms with van der Waals surface area (Å²) in [5.41, 5.74) is 0.709. The molecule has 2 amide bonds. The van der Waals surface area contributed by atoms with Crippen molar-refractivity contribution in [2.75, 3.05) is 33.3 Å². The van der Waals surface area contributed by atoms with Crippen LogP contribution in [0, 0.1) is 5.92 Å². The lowest BCUT2D eigenvalue weighted by molar-refractivity contribution is -0.123. The summed E-state index contributed by atoms with van der Waals surface area (Å²) in [6.45, 7) is 2.98. The first-order valence-electron chi connectivity index (χ1n) is 10.5. The van der Waals surface area contributed by atoms with Crippen molar-refractivity contribution in [2.45, 2.75) is 31.7 Å². The SMILES string of the molecule is COc1ccc(C(=O)N2CCCC(CNC(=O)C3CCCN3)C2)c2ccccc12. The highest BCUT2D eigenvalue weighted by Crippen LogP contribution is 2.30.